The zero-order chi connectivity index (χ0) is 12.3. The quantitative estimate of drug-likeness (QED) is 0.831. The normalized spacial score (nSPS) is 23.3. The zero-order valence-corrected chi connectivity index (χ0v) is 9.30. The second-order valence-corrected chi connectivity index (χ2v) is 4.19. The van der Waals surface area contributed by atoms with E-state index in [4.69, 9.17) is 5.11 Å². The first-order valence-electron chi connectivity index (χ1n) is 5.63. The largest absolute Gasteiger partial charge is 0.481 e. The van der Waals surface area contributed by atoms with Gasteiger partial charge in [0.05, 0.1) is 11.8 Å². The molecule has 0 spiro atoms. The Morgan fingerprint density at radius 2 is 2.06 bits per heavy atom. The van der Waals surface area contributed by atoms with Gasteiger partial charge in [0, 0.05) is 6.20 Å². The summed E-state index contributed by atoms with van der Waals surface area (Å²) in [7, 11) is 0. The summed E-state index contributed by atoms with van der Waals surface area (Å²) in [6, 6.07) is 5.21. The summed E-state index contributed by atoms with van der Waals surface area (Å²) >= 11 is 0. The Morgan fingerprint density at radius 1 is 1.29 bits per heavy atom. The number of aromatic nitrogens is 1. The monoisotopic (exact) mass is 234 g/mol. The molecule has 0 bridgehead atoms. The average molecular weight is 234 g/mol. The van der Waals surface area contributed by atoms with Gasteiger partial charge in [0.25, 0.3) is 0 Å². The standard InChI is InChI=1S/C12H14N2O3/c15-11(14-10-6-1-2-7-13-10)8-4-3-5-9(8)12(16)17/h1-2,6-9H,3-5H2,(H,16,17)(H,13,14,15). The third-order valence-corrected chi connectivity index (χ3v) is 3.09. The van der Waals surface area contributed by atoms with Gasteiger partial charge in [-0.3, -0.25) is 9.59 Å². The van der Waals surface area contributed by atoms with E-state index in [0.29, 0.717) is 18.7 Å². The third-order valence-electron chi connectivity index (χ3n) is 3.09. The van der Waals surface area contributed by atoms with Crippen LogP contribution in [-0.4, -0.2) is 22.0 Å². The Kier molecular flexibility index (Phi) is 3.37. The highest BCUT2D eigenvalue weighted by Gasteiger charge is 2.37. The first-order valence-corrected chi connectivity index (χ1v) is 5.63. The summed E-state index contributed by atoms with van der Waals surface area (Å²) in [5.41, 5.74) is 0. The molecular formula is C12H14N2O3. The van der Waals surface area contributed by atoms with Crippen molar-refractivity contribution in [3.63, 3.8) is 0 Å². The molecule has 17 heavy (non-hydrogen) atoms. The lowest BCUT2D eigenvalue weighted by molar-refractivity contribution is -0.145. The van der Waals surface area contributed by atoms with Gasteiger partial charge >= 0.3 is 5.97 Å². The van der Waals surface area contributed by atoms with E-state index < -0.39 is 17.8 Å². The number of anilines is 1. The van der Waals surface area contributed by atoms with E-state index in [-0.39, 0.29) is 5.91 Å². The van der Waals surface area contributed by atoms with E-state index >= 15 is 0 Å². The van der Waals surface area contributed by atoms with E-state index in [1.807, 2.05) is 0 Å². The molecule has 0 aromatic carbocycles. The van der Waals surface area contributed by atoms with Crippen molar-refractivity contribution >= 4 is 17.7 Å². The number of rotatable bonds is 3. The molecule has 2 rings (SSSR count). The van der Waals surface area contributed by atoms with Crippen molar-refractivity contribution in [2.75, 3.05) is 5.32 Å². The Morgan fingerprint density at radius 3 is 2.71 bits per heavy atom. The number of carboxylic acids is 1. The molecule has 2 atom stereocenters. The molecule has 1 aromatic rings. The Bertz CT molecular complexity index is 419. The highest BCUT2D eigenvalue weighted by atomic mass is 16.4. The molecule has 0 saturated heterocycles. The maximum Gasteiger partial charge on any atom is 0.307 e. The number of pyridine rings is 1. The lowest BCUT2D eigenvalue weighted by Gasteiger charge is -2.14. The van der Waals surface area contributed by atoms with E-state index in [2.05, 4.69) is 10.3 Å². The van der Waals surface area contributed by atoms with Crippen LogP contribution in [0.25, 0.3) is 0 Å². The summed E-state index contributed by atoms with van der Waals surface area (Å²) < 4.78 is 0. The van der Waals surface area contributed by atoms with Gasteiger partial charge in [-0.15, -0.1) is 0 Å². The number of nitrogens with zero attached hydrogens (tertiary/aromatic N) is 1. The van der Waals surface area contributed by atoms with Crippen LogP contribution in [0.15, 0.2) is 24.4 Å². The Labute approximate surface area is 98.9 Å². The van der Waals surface area contributed by atoms with Crippen LogP contribution in [0.1, 0.15) is 19.3 Å². The van der Waals surface area contributed by atoms with Crippen LogP contribution in [0.2, 0.25) is 0 Å². The minimum absolute atomic E-state index is 0.242. The number of amides is 1. The molecule has 1 aromatic heterocycles. The van der Waals surface area contributed by atoms with Crippen molar-refractivity contribution < 1.29 is 14.7 Å². The van der Waals surface area contributed by atoms with E-state index in [1.54, 1.807) is 24.4 Å². The first kappa shape index (κ1) is 11.6. The van der Waals surface area contributed by atoms with E-state index in [9.17, 15) is 9.59 Å². The van der Waals surface area contributed by atoms with Gasteiger partial charge in [-0.2, -0.15) is 0 Å². The molecule has 5 nitrogen and oxygen atoms in total. The lowest BCUT2D eigenvalue weighted by atomic mass is 9.95. The van der Waals surface area contributed by atoms with Crippen molar-refractivity contribution in [1.29, 1.82) is 0 Å². The highest BCUT2D eigenvalue weighted by molar-refractivity contribution is 5.94. The van der Waals surface area contributed by atoms with Gasteiger partial charge in [-0.05, 0) is 25.0 Å². The number of hydrogen-bond acceptors (Lipinski definition) is 3. The second-order valence-electron chi connectivity index (χ2n) is 4.19. The number of carbonyl (C=O) groups is 2. The third kappa shape index (κ3) is 2.61. The SMILES string of the molecule is O=C(O)C1CCCC1C(=O)Nc1ccccn1. The fraction of sp³-hybridized carbons (Fsp3) is 0.417. The van der Waals surface area contributed by atoms with Crippen LogP contribution >= 0.6 is 0 Å². The minimum atomic E-state index is -0.885. The highest BCUT2D eigenvalue weighted by Crippen LogP contribution is 2.32. The van der Waals surface area contributed by atoms with Gasteiger partial charge in [-0.1, -0.05) is 12.5 Å². The van der Waals surface area contributed by atoms with Crippen LogP contribution in [0, 0.1) is 11.8 Å². The molecule has 0 aliphatic heterocycles. The summed E-state index contributed by atoms with van der Waals surface area (Å²) in [6.45, 7) is 0. The van der Waals surface area contributed by atoms with Crippen molar-refractivity contribution in [2.24, 2.45) is 11.8 Å². The van der Waals surface area contributed by atoms with Crippen LogP contribution in [-0.2, 0) is 9.59 Å². The van der Waals surface area contributed by atoms with E-state index in [1.165, 1.54) is 0 Å². The Balaban J connectivity index is 2.03. The molecule has 1 amide bonds. The number of carbonyl (C=O) groups excluding carboxylic acids is 1. The summed E-state index contributed by atoms with van der Waals surface area (Å²) in [4.78, 5) is 26.9. The maximum absolute atomic E-state index is 11.9. The van der Waals surface area contributed by atoms with E-state index in [0.717, 1.165) is 6.42 Å². The fourth-order valence-corrected chi connectivity index (χ4v) is 2.23. The van der Waals surface area contributed by atoms with Crippen LogP contribution in [0.3, 0.4) is 0 Å². The lowest BCUT2D eigenvalue weighted by Crippen LogP contribution is -2.30. The van der Waals surface area contributed by atoms with Crippen molar-refractivity contribution in [3.8, 4) is 0 Å². The predicted octanol–water partition coefficient (Wildman–Crippen LogP) is 1.52. The molecule has 1 heterocycles. The summed E-state index contributed by atoms with van der Waals surface area (Å²) in [6.07, 6.45) is 3.58. The molecular weight excluding hydrogens is 220 g/mol. The van der Waals surface area contributed by atoms with Crippen LogP contribution in [0.4, 0.5) is 5.82 Å². The molecule has 2 N–H and O–H groups in total. The molecule has 5 heteroatoms. The fourth-order valence-electron chi connectivity index (χ4n) is 2.23. The van der Waals surface area contributed by atoms with Gasteiger partial charge in [-0.25, -0.2) is 4.98 Å². The topological polar surface area (TPSA) is 79.3 Å². The van der Waals surface area contributed by atoms with Gasteiger partial charge in [0.1, 0.15) is 5.82 Å². The van der Waals surface area contributed by atoms with Crippen molar-refractivity contribution in [1.82, 2.24) is 4.98 Å². The maximum atomic E-state index is 11.9. The smallest absolute Gasteiger partial charge is 0.307 e. The molecule has 2 unspecified atom stereocenters. The average Bonchev–Trinajstić information content (AvgIpc) is 2.79. The molecule has 1 fully saturated rings. The molecule has 1 saturated carbocycles. The Hall–Kier alpha value is -1.91. The molecule has 0 radical (unpaired) electrons. The number of hydrogen-bond donors (Lipinski definition) is 2. The van der Waals surface area contributed by atoms with Gasteiger partial charge in [0.2, 0.25) is 5.91 Å². The molecule has 90 valence electrons. The summed E-state index contributed by atoms with van der Waals surface area (Å²) in [5.74, 6) is -1.65. The molecule has 1 aliphatic carbocycles. The van der Waals surface area contributed by atoms with Gasteiger partial charge < -0.3 is 10.4 Å². The van der Waals surface area contributed by atoms with Crippen LogP contribution in [0.5, 0.6) is 0 Å². The number of aliphatic carboxylic acids is 1. The molecule has 1 aliphatic rings. The van der Waals surface area contributed by atoms with Gasteiger partial charge in [0.15, 0.2) is 0 Å². The minimum Gasteiger partial charge on any atom is -0.481 e. The number of carboxylic acid groups (broad SMARTS) is 1. The zero-order valence-electron chi connectivity index (χ0n) is 9.30. The predicted molar refractivity (Wildman–Crippen MR) is 61.3 cm³/mol. The van der Waals surface area contributed by atoms with Crippen molar-refractivity contribution in [2.45, 2.75) is 19.3 Å². The summed E-state index contributed by atoms with van der Waals surface area (Å²) in [5, 5.41) is 11.7. The number of nitrogens with one attached hydrogen (secondary N) is 1. The van der Waals surface area contributed by atoms with Crippen molar-refractivity contribution in [3.05, 3.63) is 24.4 Å². The first-order chi connectivity index (χ1) is 8.18. The second kappa shape index (κ2) is 4.95. The van der Waals surface area contributed by atoms with Crippen LogP contribution < -0.4 is 5.32 Å².